The van der Waals surface area contributed by atoms with Crippen LogP contribution in [0.1, 0.15) is 19.4 Å². The normalized spacial score (nSPS) is 17.6. The molecule has 1 fully saturated rings. The number of benzene rings is 1. The number of aliphatic imine (C=N–C) groups is 1. The first-order chi connectivity index (χ1) is 14.5. The Bertz CT molecular complexity index is 786. The van der Waals surface area contributed by atoms with E-state index in [-0.39, 0.29) is 5.82 Å². The summed E-state index contributed by atoms with van der Waals surface area (Å²) in [5.41, 5.74) is 0.999. The highest BCUT2D eigenvalue weighted by Gasteiger charge is 2.23. The molecule has 0 bridgehead atoms. The lowest BCUT2D eigenvalue weighted by Crippen LogP contribution is -2.49. The fourth-order valence-corrected chi connectivity index (χ4v) is 4.23. The van der Waals surface area contributed by atoms with E-state index in [0.29, 0.717) is 6.54 Å². The smallest absolute Gasteiger partial charge is 0.191 e. The van der Waals surface area contributed by atoms with Gasteiger partial charge in [0.05, 0.1) is 6.54 Å². The summed E-state index contributed by atoms with van der Waals surface area (Å²) in [6.07, 6.45) is 0. The molecule has 0 spiro atoms. The summed E-state index contributed by atoms with van der Waals surface area (Å²) in [5, 5.41) is 21.2. The molecule has 1 aliphatic rings. The molecule has 164 valence electrons. The third kappa shape index (κ3) is 6.42. The molecule has 1 aliphatic heterocycles. The molecule has 2 heterocycles. The van der Waals surface area contributed by atoms with Crippen LogP contribution in [-0.2, 0) is 5.60 Å². The molecule has 1 atom stereocenters. The highest BCUT2D eigenvalue weighted by Crippen LogP contribution is 2.23. The van der Waals surface area contributed by atoms with Crippen molar-refractivity contribution in [1.29, 1.82) is 0 Å². The Hall–Kier alpha value is -2.16. The maximum Gasteiger partial charge on any atom is 0.191 e. The molecule has 0 radical (unpaired) electrons. The van der Waals surface area contributed by atoms with Crippen LogP contribution in [0.15, 0.2) is 46.1 Å². The third-order valence-electron chi connectivity index (χ3n) is 5.32. The van der Waals surface area contributed by atoms with Gasteiger partial charge in [0.15, 0.2) is 5.96 Å². The molecule has 1 unspecified atom stereocenters. The van der Waals surface area contributed by atoms with Gasteiger partial charge in [0.25, 0.3) is 0 Å². The topological polar surface area (TPSA) is 63.1 Å². The number of hydrogen-bond acceptors (Lipinski definition) is 5. The number of hydrogen-bond donors (Lipinski definition) is 3. The first kappa shape index (κ1) is 22.5. The standard InChI is InChI=1S/C22H32FN5OS/c1-3-24-21(26-17-22(2,29)18-8-15-30-16-18)25-9-10-27-11-13-28(14-12-27)20-6-4-19(23)5-7-20/h4-8,15-16,29H,3,9-14,17H2,1-2H3,(H2,24,25,26). The molecule has 3 N–H and O–H groups in total. The van der Waals surface area contributed by atoms with Crippen LogP contribution >= 0.6 is 11.3 Å². The van der Waals surface area contributed by atoms with Gasteiger partial charge in [-0.15, -0.1) is 0 Å². The molecule has 0 saturated carbocycles. The molecule has 8 heteroatoms. The van der Waals surface area contributed by atoms with E-state index in [1.54, 1.807) is 18.3 Å². The number of anilines is 1. The van der Waals surface area contributed by atoms with Gasteiger partial charge in [0, 0.05) is 51.5 Å². The summed E-state index contributed by atoms with van der Waals surface area (Å²) < 4.78 is 13.1. The molecule has 0 amide bonds. The number of nitrogens with zero attached hydrogens (tertiary/aromatic N) is 3. The van der Waals surface area contributed by atoms with Crippen LogP contribution in [-0.4, -0.2) is 68.3 Å². The Balaban J connectivity index is 1.43. The summed E-state index contributed by atoms with van der Waals surface area (Å²) >= 11 is 1.57. The van der Waals surface area contributed by atoms with Crippen molar-refractivity contribution in [3.05, 3.63) is 52.5 Å². The lowest BCUT2D eigenvalue weighted by Gasteiger charge is -2.36. The minimum Gasteiger partial charge on any atom is -0.383 e. The Morgan fingerprint density at radius 1 is 1.17 bits per heavy atom. The maximum atomic E-state index is 13.1. The van der Waals surface area contributed by atoms with Crippen LogP contribution in [0.25, 0.3) is 0 Å². The predicted molar refractivity (Wildman–Crippen MR) is 123 cm³/mol. The van der Waals surface area contributed by atoms with Crippen LogP contribution in [0.2, 0.25) is 0 Å². The quantitative estimate of drug-likeness (QED) is 0.441. The maximum absolute atomic E-state index is 13.1. The van der Waals surface area contributed by atoms with E-state index in [4.69, 9.17) is 0 Å². The molecular weight excluding hydrogens is 401 g/mol. The van der Waals surface area contributed by atoms with Crippen molar-refractivity contribution in [3.63, 3.8) is 0 Å². The highest BCUT2D eigenvalue weighted by atomic mass is 32.1. The molecule has 1 saturated heterocycles. The average molecular weight is 434 g/mol. The van der Waals surface area contributed by atoms with Gasteiger partial charge < -0.3 is 20.6 Å². The third-order valence-corrected chi connectivity index (χ3v) is 6.00. The minimum absolute atomic E-state index is 0.196. The van der Waals surface area contributed by atoms with E-state index in [1.807, 2.05) is 35.9 Å². The lowest BCUT2D eigenvalue weighted by atomic mass is 10.00. The van der Waals surface area contributed by atoms with Crippen LogP contribution in [0.3, 0.4) is 0 Å². The van der Waals surface area contributed by atoms with E-state index in [1.165, 1.54) is 12.1 Å². The molecule has 0 aliphatic carbocycles. The van der Waals surface area contributed by atoms with Crippen molar-refractivity contribution in [2.75, 3.05) is 57.3 Å². The van der Waals surface area contributed by atoms with Gasteiger partial charge in [-0.05, 0) is 60.5 Å². The second-order valence-electron chi connectivity index (χ2n) is 7.71. The number of guanidine groups is 1. The van der Waals surface area contributed by atoms with E-state index in [9.17, 15) is 9.50 Å². The van der Waals surface area contributed by atoms with Gasteiger partial charge in [-0.25, -0.2) is 9.38 Å². The zero-order valence-electron chi connectivity index (χ0n) is 17.8. The second kappa shape index (κ2) is 10.7. The molecule has 1 aromatic heterocycles. The van der Waals surface area contributed by atoms with Crippen molar-refractivity contribution in [2.24, 2.45) is 4.99 Å². The lowest BCUT2D eigenvalue weighted by molar-refractivity contribution is 0.0677. The number of aliphatic hydroxyl groups is 1. The van der Waals surface area contributed by atoms with Gasteiger partial charge in [-0.1, -0.05) is 0 Å². The largest absolute Gasteiger partial charge is 0.383 e. The van der Waals surface area contributed by atoms with Crippen molar-refractivity contribution in [3.8, 4) is 0 Å². The van der Waals surface area contributed by atoms with Crippen LogP contribution in [0, 0.1) is 5.82 Å². The predicted octanol–water partition coefficient (Wildman–Crippen LogP) is 2.47. The van der Waals surface area contributed by atoms with Gasteiger partial charge in [-0.2, -0.15) is 11.3 Å². The SMILES string of the molecule is CCNC(=NCC(C)(O)c1ccsc1)NCCN1CCN(c2ccc(F)cc2)CC1. The number of thiophene rings is 1. The first-order valence-corrected chi connectivity index (χ1v) is 11.4. The molecule has 1 aromatic carbocycles. The van der Waals surface area contributed by atoms with Crippen LogP contribution < -0.4 is 15.5 Å². The molecule has 6 nitrogen and oxygen atoms in total. The van der Waals surface area contributed by atoms with Crippen molar-refractivity contribution < 1.29 is 9.50 Å². The number of rotatable bonds is 8. The van der Waals surface area contributed by atoms with E-state index >= 15 is 0 Å². The Kier molecular flexibility index (Phi) is 8.07. The van der Waals surface area contributed by atoms with Crippen LogP contribution in [0.4, 0.5) is 10.1 Å². The monoisotopic (exact) mass is 433 g/mol. The van der Waals surface area contributed by atoms with Gasteiger partial charge in [0.2, 0.25) is 0 Å². The van der Waals surface area contributed by atoms with Crippen LogP contribution in [0.5, 0.6) is 0 Å². The van der Waals surface area contributed by atoms with Gasteiger partial charge in [0.1, 0.15) is 11.4 Å². The zero-order chi connectivity index (χ0) is 21.4. The summed E-state index contributed by atoms with van der Waals surface area (Å²) in [6.45, 7) is 10.4. The molecule has 2 aromatic rings. The number of nitrogens with one attached hydrogen (secondary N) is 2. The molecular formula is C22H32FN5OS. The average Bonchev–Trinajstić information content (AvgIpc) is 3.29. The molecule has 30 heavy (non-hydrogen) atoms. The zero-order valence-corrected chi connectivity index (χ0v) is 18.6. The summed E-state index contributed by atoms with van der Waals surface area (Å²) in [5.74, 6) is 0.524. The van der Waals surface area contributed by atoms with Crippen molar-refractivity contribution >= 4 is 23.0 Å². The summed E-state index contributed by atoms with van der Waals surface area (Å²) in [4.78, 5) is 9.28. The minimum atomic E-state index is -0.973. The van der Waals surface area contributed by atoms with E-state index in [0.717, 1.165) is 63.0 Å². The fourth-order valence-electron chi connectivity index (χ4n) is 3.45. The van der Waals surface area contributed by atoms with E-state index < -0.39 is 5.60 Å². The van der Waals surface area contributed by atoms with Crippen molar-refractivity contribution in [2.45, 2.75) is 19.4 Å². The second-order valence-corrected chi connectivity index (χ2v) is 8.49. The number of halogens is 1. The fraction of sp³-hybridized carbons (Fsp3) is 0.500. The summed E-state index contributed by atoms with van der Waals surface area (Å²) in [7, 11) is 0. The highest BCUT2D eigenvalue weighted by molar-refractivity contribution is 7.08. The Labute approximate surface area is 182 Å². The number of piperazine rings is 1. The van der Waals surface area contributed by atoms with Gasteiger partial charge >= 0.3 is 0 Å². The van der Waals surface area contributed by atoms with E-state index in [2.05, 4.69) is 25.4 Å². The summed E-state index contributed by atoms with van der Waals surface area (Å²) in [6, 6.07) is 8.66. The Morgan fingerprint density at radius 3 is 2.53 bits per heavy atom. The first-order valence-electron chi connectivity index (χ1n) is 10.5. The Morgan fingerprint density at radius 2 is 1.90 bits per heavy atom. The van der Waals surface area contributed by atoms with Gasteiger partial charge in [-0.3, -0.25) is 4.90 Å². The molecule has 3 rings (SSSR count). The van der Waals surface area contributed by atoms with Crippen molar-refractivity contribution in [1.82, 2.24) is 15.5 Å².